The fourth-order valence-corrected chi connectivity index (χ4v) is 5.97. The largest absolute Gasteiger partial charge is 0.479 e. The lowest BCUT2D eigenvalue weighted by Crippen LogP contribution is -2.56. The number of carbonyl (C=O) groups excluding carboxylic acids is 4. The molecular formula is C29H44N4O7. The molecule has 5 atom stereocenters. The first-order valence-corrected chi connectivity index (χ1v) is 14.7. The summed E-state index contributed by atoms with van der Waals surface area (Å²) >= 11 is 0. The fraction of sp³-hybridized carbons (Fsp3) is 0.759. The van der Waals surface area contributed by atoms with Crippen molar-refractivity contribution in [2.75, 3.05) is 19.6 Å². The van der Waals surface area contributed by atoms with Gasteiger partial charge in [-0.25, -0.2) is 9.59 Å². The predicted octanol–water partition coefficient (Wildman–Crippen LogP) is 2.59. The van der Waals surface area contributed by atoms with E-state index in [1.54, 1.807) is 4.90 Å². The predicted molar refractivity (Wildman–Crippen MR) is 146 cm³/mol. The van der Waals surface area contributed by atoms with Gasteiger partial charge in [-0.3, -0.25) is 14.4 Å². The average Bonchev–Trinajstić information content (AvgIpc) is 3.17. The summed E-state index contributed by atoms with van der Waals surface area (Å²) in [6.45, 7) is 7.11. The zero-order chi connectivity index (χ0) is 29.1. The number of carboxylic acids is 1. The number of allylic oxidation sites excluding steroid dienone is 1. The number of fused-ring (bicyclic) bond motifs is 2. The Hall–Kier alpha value is -3.11. The quantitative estimate of drug-likeness (QED) is 0.438. The van der Waals surface area contributed by atoms with Crippen molar-refractivity contribution < 1.29 is 33.8 Å². The molecule has 3 N–H and O–H groups in total. The van der Waals surface area contributed by atoms with Gasteiger partial charge in [0.25, 0.3) is 0 Å². The van der Waals surface area contributed by atoms with Gasteiger partial charge < -0.3 is 30.3 Å². The van der Waals surface area contributed by atoms with Crippen LogP contribution in [-0.4, -0.2) is 88.1 Å². The van der Waals surface area contributed by atoms with Crippen LogP contribution in [0.2, 0.25) is 0 Å². The summed E-state index contributed by atoms with van der Waals surface area (Å²) in [5.74, 6) is -2.11. The molecule has 0 aromatic heterocycles. The Morgan fingerprint density at radius 3 is 2.58 bits per heavy atom. The molecule has 3 fully saturated rings. The molecule has 0 bridgehead atoms. The highest BCUT2D eigenvalue weighted by atomic mass is 16.6. The summed E-state index contributed by atoms with van der Waals surface area (Å²) in [6, 6.07) is -1.67. The van der Waals surface area contributed by atoms with E-state index in [0.29, 0.717) is 58.2 Å². The van der Waals surface area contributed by atoms with E-state index in [0.717, 1.165) is 25.7 Å². The van der Waals surface area contributed by atoms with Gasteiger partial charge in [0.05, 0.1) is 6.54 Å². The third kappa shape index (κ3) is 6.78. The van der Waals surface area contributed by atoms with Gasteiger partial charge in [-0.1, -0.05) is 45.8 Å². The number of ether oxygens (including phenoxy) is 1. The summed E-state index contributed by atoms with van der Waals surface area (Å²) in [6.07, 6.45) is 8.78. The summed E-state index contributed by atoms with van der Waals surface area (Å²) in [7, 11) is 0. The van der Waals surface area contributed by atoms with Gasteiger partial charge in [0.1, 0.15) is 23.7 Å². The Balaban J connectivity index is 1.48. The highest BCUT2D eigenvalue weighted by molar-refractivity contribution is 5.96. The van der Waals surface area contributed by atoms with Crippen LogP contribution >= 0.6 is 0 Å². The molecule has 1 unspecified atom stereocenters. The van der Waals surface area contributed by atoms with Crippen molar-refractivity contribution in [1.29, 1.82) is 0 Å². The molecule has 1 saturated carbocycles. The van der Waals surface area contributed by atoms with Crippen molar-refractivity contribution in [3.05, 3.63) is 12.2 Å². The summed E-state index contributed by atoms with van der Waals surface area (Å²) in [5.41, 5.74) is -1.76. The molecular weight excluding hydrogens is 516 g/mol. The van der Waals surface area contributed by atoms with E-state index in [-0.39, 0.29) is 17.7 Å². The molecule has 4 amide bonds. The van der Waals surface area contributed by atoms with E-state index in [2.05, 4.69) is 10.6 Å². The topological polar surface area (TPSA) is 145 Å². The van der Waals surface area contributed by atoms with Gasteiger partial charge in [0.2, 0.25) is 17.7 Å². The maximum Gasteiger partial charge on any atom is 0.408 e. The minimum Gasteiger partial charge on any atom is -0.479 e. The number of nitrogens with one attached hydrogen (secondary N) is 2. The third-order valence-corrected chi connectivity index (χ3v) is 8.68. The Bertz CT molecular complexity index is 1040. The molecule has 3 heterocycles. The second kappa shape index (κ2) is 12.2. The number of aliphatic carboxylic acids is 1. The lowest BCUT2D eigenvalue weighted by molar-refractivity contribution is -0.145. The number of amides is 4. The number of hydrogen-bond acceptors (Lipinski definition) is 6. The number of carbonyl (C=O) groups is 5. The maximum absolute atomic E-state index is 13.7. The zero-order valence-corrected chi connectivity index (χ0v) is 23.9. The Morgan fingerprint density at radius 1 is 1.12 bits per heavy atom. The second-order valence-electron chi connectivity index (χ2n) is 12.7. The second-order valence-corrected chi connectivity index (χ2v) is 12.7. The van der Waals surface area contributed by atoms with Crippen molar-refractivity contribution in [1.82, 2.24) is 20.4 Å². The van der Waals surface area contributed by atoms with Gasteiger partial charge in [-0.2, -0.15) is 0 Å². The van der Waals surface area contributed by atoms with E-state index in [9.17, 15) is 29.1 Å². The Labute approximate surface area is 236 Å². The van der Waals surface area contributed by atoms with Crippen LogP contribution in [0.3, 0.4) is 0 Å². The number of nitrogens with zero attached hydrogens (tertiary/aromatic N) is 2. The molecule has 11 nitrogen and oxygen atoms in total. The number of likely N-dealkylation sites (tertiary alicyclic amines) is 1. The normalized spacial score (nSPS) is 31.3. The molecule has 0 aromatic carbocycles. The molecule has 4 rings (SSSR count). The van der Waals surface area contributed by atoms with Crippen LogP contribution in [0.15, 0.2) is 12.2 Å². The van der Waals surface area contributed by atoms with E-state index in [1.807, 2.05) is 32.9 Å². The Morgan fingerprint density at radius 2 is 1.90 bits per heavy atom. The molecule has 2 saturated heterocycles. The summed E-state index contributed by atoms with van der Waals surface area (Å²) in [5, 5.41) is 15.4. The zero-order valence-electron chi connectivity index (χ0n) is 23.9. The molecule has 222 valence electrons. The first-order chi connectivity index (χ1) is 18.9. The van der Waals surface area contributed by atoms with Crippen molar-refractivity contribution in [2.45, 2.75) is 109 Å². The molecule has 0 aromatic rings. The maximum atomic E-state index is 13.7. The average molecular weight is 561 g/mol. The number of rotatable bonds is 5. The lowest BCUT2D eigenvalue weighted by atomic mass is 9.88. The number of alkyl carbamates (subject to hydrolysis) is 1. The van der Waals surface area contributed by atoms with Gasteiger partial charge in [-0.15, -0.1) is 0 Å². The van der Waals surface area contributed by atoms with Crippen LogP contribution in [0.25, 0.3) is 0 Å². The van der Waals surface area contributed by atoms with Gasteiger partial charge in [-0.05, 0) is 44.9 Å². The minimum atomic E-state index is -1.33. The van der Waals surface area contributed by atoms with Gasteiger partial charge in [0, 0.05) is 30.8 Å². The first kappa shape index (κ1) is 29.9. The highest BCUT2D eigenvalue weighted by Crippen LogP contribution is 2.45. The molecule has 1 aliphatic carbocycles. The van der Waals surface area contributed by atoms with E-state index in [4.69, 9.17) is 4.74 Å². The molecule has 3 aliphatic heterocycles. The van der Waals surface area contributed by atoms with Crippen LogP contribution in [0.5, 0.6) is 0 Å². The van der Waals surface area contributed by atoms with Crippen molar-refractivity contribution >= 4 is 29.8 Å². The van der Waals surface area contributed by atoms with Crippen LogP contribution in [0.1, 0.15) is 85.0 Å². The van der Waals surface area contributed by atoms with Gasteiger partial charge in [0.15, 0.2) is 0 Å². The molecule has 0 radical (unpaired) electrons. The number of hydrogen-bond donors (Lipinski definition) is 3. The monoisotopic (exact) mass is 560 g/mol. The first-order valence-electron chi connectivity index (χ1n) is 14.7. The van der Waals surface area contributed by atoms with Crippen molar-refractivity contribution in [2.24, 2.45) is 11.3 Å². The SMILES string of the molecule is CC(C)(C)[C@@H](CN1CCCC1=O)OC(=O)N[C@H]1CCCCC/C=C\C2C[C@@]2(C(=O)O)NC(=O)[C@@H]2CCCN2C1=O. The minimum absolute atomic E-state index is 0.0469. The van der Waals surface area contributed by atoms with Crippen molar-refractivity contribution in [3.8, 4) is 0 Å². The smallest absolute Gasteiger partial charge is 0.408 e. The fourth-order valence-electron chi connectivity index (χ4n) is 5.97. The van der Waals surface area contributed by atoms with Crippen molar-refractivity contribution in [3.63, 3.8) is 0 Å². The van der Waals surface area contributed by atoms with Crippen LogP contribution in [0, 0.1) is 11.3 Å². The lowest BCUT2D eigenvalue weighted by Gasteiger charge is -2.34. The standard InChI is InChI=1S/C29H44N4O7/c1-28(2,3)22(18-32-15-10-14-23(32)34)40-27(39)30-20-12-8-6-4-5-7-11-19-17-29(19,26(37)38)31-24(35)21-13-9-16-33(21)25(20)36/h7,11,19-22H,4-6,8-10,12-18H2,1-3H3,(H,30,39)(H,31,35)(H,37,38)/b11-7-/t19?,20-,21-,22+,29+/m0/s1. The molecule has 0 spiro atoms. The Kier molecular flexibility index (Phi) is 9.09. The van der Waals surface area contributed by atoms with E-state index in [1.165, 1.54) is 4.90 Å². The van der Waals surface area contributed by atoms with Crippen LogP contribution < -0.4 is 10.6 Å². The third-order valence-electron chi connectivity index (χ3n) is 8.68. The number of carboxylic acid groups (broad SMARTS) is 1. The van der Waals surface area contributed by atoms with E-state index < -0.39 is 47.1 Å². The molecule has 11 heteroatoms. The highest BCUT2D eigenvalue weighted by Gasteiger charge is 2.61. The summed E-state index contributed by atoms with van der Waals surface area (Å²) in [4.78, 5) is 67.6. The van der Waals surface area contributed by atoms with Crippen LogP contribution in [0.4, 0.5) is 4.79 Å². The van der Waals surface area contributed by atoms with Crippen LogP contribution in [-0.2, 0) is 23.9 Å². The molecule has 40 heavy (non-hydrogen) atoms. The van der Waals surface area contributed by atoms with E-state index >= 15 is 0 Å². The summed E-state index contributed by atoms with van der Waals surface area (Å²) < 4.78 is 5.83. The van der Waals surface area contributed by atoms with Gasteiger partial charge >= 0.3 is 12.1 Å². The molecule has 4 aliphatic rings.